The van der Waals surface area contributed by atoms with E-state index in [-0.39, 0.29) is 0 Å². The second-order valence-electron chi connectivity index (χ2n) is 3.14. The Kier molecular flexibility index (Phi) is 3.60. The number of hydrogen-bond acceptors (Lipinski definition) is 2. The minimum absolute atomic E-state index is 0.972. The number of piperidine rings is 1. The predicted molar refractivity (Wildman–Crippen MR) is 48.3 cm³/mol. The van der Waals surface area contributed by atoms with Crippen molar-refractivity contribution >= 4 is 0 Å². The molecule has 1 aliphatic heterocycles. The monoisotopic (exact) mass is 154 g/mol. The molecule has 1 fully saturated rings. The van der Waals surface area contributed by atoms with Gasteiger partial charge >= 0.3 is 0 Å². The SMILES string of the molecule is C=CCN(C)N1CCCCC1. The zero-order valence-electron chi connectivity index (χ0n) is 7.42. The second-order valence-corrected chi connectivity index (χ2v) is 3.14. The molecule has 64 valence electrons. The lowest BCUT2D eigenvalue weighted by Gasteiger charge is -2.34. The molecule has 0 aliphatic carbocycles. The molecule has 0 radical (unpaired) electrons. The molecule has 0 aromatic carbocycles. The van der Waals surface area contributed by atoms with E-state index in [0.29, 0.717) is 0 Å². The van der Waals surface area contributed by atoms with Gasteiger partial charge in [-0.15, -0.1) is 6.58 Å². The standard InChI is InChI=1S/C9H18N2/c1-3-7-10(2)11-8-5-4-6-9-11/h3H,1,4-9H2,2H3. The Hall–Kier alpha value is -0.340. The van der Waals surface area contributed by atoms with Gasteiger partial charge in [0, 0.05) is 26.7 Å². The average molecular weight is 154 g/mol. The first-order valence-electron chi connectivity index (χ1n) is 4.41. The highest BCUT2D eigenvalue weighted by atomic mass is 15.6. The molecule has 0 aromatic heterocycles. The van der Waals surface area contributed by atoms with Gasteiger partial charge in [0.25, 0.3) is 0 Å². The van der Waals surface area contributed by atoms with Crippen molar-refractivity contribution in [2.45, 2.75) is 19.3 Å². The van der Waals surface area contributed by atoms with Gasteiger partial charge in [-0.1, -0.05) is 12.5 Å². The largest absolute Gasteiger partial charge is 0.242 e. The first-order valence-corrected chi connectivity index (χ1v) is 4.41. The molecule has 0 unspecified atom stereocenters. The molecule has 0 bridgehead atoms. The summed E-state index contributed by atoms with van der Waals surface area (Å²) in [7, 11) is 2.13. The van der Waals surface area contributed by atoms with Crippen molar-refractivity contribution in [1.29, 1.82) is 0 Å². The van der Waals surface area contributed by atoms with Crippen LogP contribution in [0.1, 0.15) is 19.3 Å². The average Bonchev–Trinajstić information content (AvgIpc) is 2.07. The van der Waals surface area contributed by atoms with Crippen LogP contribution in [0.25, 0.3) is 0 Å². The van der Waals surface area contributed by atoms with Crippen LogP contribution in [0, 0.1) is 0 Å². The molecule has 0 atom stereocenters. The number of likely N-dealkylation sites (N-methyl/N-ethyl adjacent to an activating group) is 1. The fourth-order valence-electron chi connectivity index (χ4n) is 1.52. The van der Waals surface area contributed by atoms with E-state index in [2.05, 4.69) is 23.6 Å². The van der Waals surface area contributed by atoms with Gasteiger partial charge in [-0.3, -0.25) is 0 Å². The summed E-state index contributed by atoms with van der Waals surface area (Å²) in [6.45, 7) is 7.15. The van der Waals surface area contributed by atoms with Crippen molar-refractivity contribution in [3.05, 3.63) is 12.7 Å². The van der Waals surface area contributed by atoms with Crippen molar-refractivity contribution < 1.29 is 0 Å². The van der Waals surface area contributed by atoms with Gasteiger partial charge in [0.15, 0.2) is 0 Å². The summed E-state index contributed by atoms with van der Waals surface area (Å²) in [5.74, 6) is 0. The predicted octanol–water partition coefficient (Wildman–Crippen LogP) is 1.51. The van der Waals surface area contributed by atoms with Crippen LogP contribution in [0.2, 0.25) is 0 Å². The van der Waals surface area contributed by atoms with E-state index < -0.39 is 0 Å². The zero-order chi connectivity index (χ0) is 8.10. The Balaban J connectivity index is 2.26. The fourth-order valence-corrected chi connectivity index (χ4v) is 1.52. The molecule has 2 heteroatoms. The first kappa shape index (κ1) is 8.75. The second kappa shape index (κ2) is 4.52. The van der Waals surface area contributed by atoms with Crippen LogP contribution in [-0.4, -0.2) is 36.7 Å². The van der Waals surface area contributed by atoms with Crippen LogP contribution in [0.4, 0.5) is 0 Å². The van der Waals surface area contributed by atoms with E-state index in [0.717, 1.165) is 6.54 Å². The number of hydrogen-bond donors (Lipinski definition) is 0. The normalized spacial score (nSPS) is 20.5. The van der Waals surface area contributed by atoms with Crippen LogP contribution in [0.15, 0.2) is 12.7 Å². The van der Waals surface area contributed by atoms with Crippen molar-refractivity contribution in [3.63, 3.8) is 0 Å². The molecule has 0 amide bonds. The van der Waals surface area contributed by atoms with Gasteiger partial charge < -0.3 is 0 Å². The summed E-state index contributed by atoms with van der Waals surface area (Å²) in [6, 6.07) is 0. The summed E-state index contributed by atoms with van der Waals surface area (Å²) in [6.07, 6.45) is 6.05. The number of rotatable bonds is 3. The van der Waals surface area contributed by atoms with E-state index in [1.807, 2.05) is 6.08 Å². The zero-order valence-corrected chi connectivity index (χ0v) is 7.42. The summed E-state index contributed by atoms with van der Waals surface area (Å²) < 4.78 is 0. The lowest BCUT2D eigenvalue weighted by molar-refractivity contribution is -0.00616. The minimum Gasteiger partial charge on any atom is -0.242 e. The highest BCUT2D eigenvalue weighted by Gasteiger charge is 2.12. The maximum Gasteiger partial charge on any atom is 0.0308 e. The highest BCUT2D eigenvalue weighted by molar-refractivity contribution is 4.71. The Morgan fingerprint density at radius 1 is 1.36 bits per heavy atom. The third-order valence-electron chi connectivity index (χ3n) is 2.21. The quantitative estimate of drug-likeness (QED) is 0.568. The topological polar surface area (TPSA) is 6.48 Å². The maximum absolute atomic E-state index is 3.73. The van der Waals surface area contributed by atoms with E-state index in [1.165, 1.54) is 32.4 Å². The molecule has 0 aromatic rings. The third kappa shape index (κ3) is 2.64. The summed E-state index contributed by atoms with van der Waals surface area (Å²) in [4.78, 5) is 0. The molecule has 0 spiro atoms. The number of hydrazine groups is 1. The van der Waals surface area contributed by atoms with Crippen LogP contribution >= 0.6 is 0 Å². The van der Waals surface area contributed by atoms with Crippen molar-refractivity contribution in [1.82, 2.24) is 10.0 Å². The summed E-state index contributed by atoms with van der Waals surface area (Å²) in [5.41, 5.74) is 0. The smallest absolute Gasteiger partial charge is 0.0308 e. The molecule has 1 rings (SSSR count). The van der Waals surface area contributed by atoms with E-state index >= 15 is 0 Å². The molecule has 11 heavy (non-hydrogen) atoms. The van der Waals surface area contributed by atoms with Gasteiger partial charge in [0.1, 0.15) is 0 Å². The van der Waals surface area contributed by atoms with Gasteiger partial charge in [-0.25, -0.2) is 10.0 Å². The Morgan fingerprint density at radius 3 is 2.55 bits per heavy atom. The van der Waals surface area contributed by atoms with Crippen molar-refractivity contribution in [3.8, 4) is 0 Å². The van der Waals surface area contributed by atoms with E-state index in [1.54, 1.807) is 0 Å². The molecule has 0 N–H and O–H groups in total. The van der Waals surface area contributed by atoms with Gasteiger partial charge in [-0.05, 0) is 12.8 Å². The maximum atomic E-state index is 3.73. The molecule has 1 aliphatic rings. The Labute approximate surface area is 69.5 Å². The fraction of sp³-hybridized carbons (Fsp3) is 0.778. The number of nitrogens with zero attached hydrogens (tertiary/aromatic N) is 2. The lowest BCUT2D eigenvalue weighted by Crippen LogP contribution is -2.43. The molecular weight excluding hydrogens is 136 g/mol. The molecular formula is C9H18N2. The minimum atomic E-state index is 0.972. The molecule has 1 heterocycles. The third-order valence-corrected chi connectivity index (χ3v) is 2.21. The van der Waals surface area contributed by atoms with Gasteiger partial charge in [0.05, 0.1) is 0 Å². The lowest BCUT2D eigenvalue weighted by atomic mass is 10.2. The van der Waals surface area contributed by atoms with Crippen LogP contribution in [0.3, 0.4) is 0 Å². The van der Waals surface area contributed by atoms with E-state index in [9.17, 15) is 0 Å². The van der Waals surface area contributed by atoms with Gasteiger partial charge in [-0.2, -0.15) is 0 Å². The van der Waals surface area contributed by atoms with Crippen LogP contribution in [-0.2, 0) is 0 Å². The van der Waals surface area contributed by atoms with Crippen molar-refractivity contribution in [2.24, 2.45) is 0 Å². The van der Waals surface area contributed by atoms with Crippen molar-refractivity contribution in [2.75, 3.05) is 26.7 Å². The highest BCUT2D eigenvalue weighted by Crippen LogP contribution is 2.09. The van der Waals surface area contributed by atoms with Gasteiger partial charge in [0.2, 0.25) is 0 Å². The Morgan fingerprint density at radius 2 is 2.00 bits per heavy atom. The van der Waals surface area contributed by atoms with E-state index in [4.69, 9.17) is 0 Å². The molecule has 0 saturated carbocycles. The summed E-state index contributed by atoms with van der Waals surface area (Å²) in [5, 5.41) is 4.66. The molecule has 2 nitrogen and oxygen atoms in total. The molecule has 1 saturated heterocycles. The van der Waals surface area contributed by atoms with Crippen LogP contribution < -0.4 is 0 Å². The van der Waals surface area contributed by atoms with Crippen LogP contribution in [0.5, 0.6) is 0 Å². The summed E-state index contributed by atoms with van der Waals surface area (Å²) >= 11 is 0. The Bertz CT molecular complexity index is 117. The first-order chi connectivity index (χ1) is 5.34.